The van der Waals surface area contributed by atoms with Gasteiger partial charge in [0.25, 0.3) is 0 Å². The van der Waals surface area contributed by atoms with Crippen LogP contribution in [-0.2, 0) is 6.42 Å². The molecular weight excluding hydrogens is 310 g/mol. The van der Waals surface area contributed by atoms with Gasteiger partial charge in [0.05, 0.1) is 6.10 Å². The summed E-state index contributed by atoms with van der Waals surface area (Å²) in [5.41, 5.74) is 10.2. The fraction of sp³-hybridized carbons (Fsp3) is 0.286. The van der Waals surface area contributed by atoms with Gasteiger partial charge in [-0.3, -0.25) is 0 Å². The lowest BCUT2D eigenvalue weighted by Crippen LogP contribution is -2.05. The summed E-state index contributed by atoms with van der Waals surface area (Å²) in [4.78, 5) is 0.958. The molecular formula is C14H16BrNOS. The summed E-state index contributed by atoms with van der Waals surface area (Å²) in [6, 6.07) is 6.01. The first-order chi connectivity index (χ1) is 8.49. The maximum absolute atomic E-state index is 10.2. The van der Waals surface area contributed by atoms with Gasteiger partial charge in [0.1, 0.15) is 0 Å². The van der Waals surface area contributed by atoms with Crippen LogP contribution in [0.4, 0.5) is 5.69 Å². The van der Waals surface area contributed by atoms with Crippen molar-refractivity contribution in [3.8, 4) is 0 Å². The molecule has 0 saturated heterocycles. The van der Waals surface area contributed by atoms with Crippen LogP contribution in [0.2, 0.25) is 0 Å². The molecule has 2 aromatic rings. The summed E-state index contributed by atoms with van der Waals surface area (Å²) >= 11 is 4.95. The van der Waals surface area contributed by atoms with E-state index in [9.17, 15) is 5.11 Å². The van der Waals surface area contributed by atoms with Crippen molar-refractivity contribution in [3.63, 3.8) is 0 Å². The average molecular weight is 326 g/mol. The molecule has 1 aromatic heterocycles. The Morgan fingerprint density at radius 3 is 2.72 bits per heavy atom. The number of hydrogen-bond acceptors (Lipinski definition) is 3. The number of aliphatic hydroxyl groups excluding tert-OH is 1. The molecule has 3 N–H and O–H groups in total. The number of halogens is 1. The smallest absolute Gasteiger partial charge is 0.0923 e. The molecule has 0 saturated carbocycles. The lowest BCUT2D eigenvalue weighted by Gasteiger charge is -2.14. The van der Waals surface area contributed by atoms with Crippen molar-refractivity contribution < 1.29 is 5.11 Å². The number of aliphatic hydroxyl groups is 1. The van der Waals surface area contributed by atoms with Gasteiger partial charge in [-0.2, -0.15) is 0 Å². The summed E-state index contributed by atoms with van der Waals surface area (Å²) in [5, 5.41) is 12.2. The van der Waals surface area contributed by atoms with Crippen LogP contribution in [0.25, 0.3) is 0 Å². The maximum Gasteiger partial charge on any atom is 0.0923 e. The van der Waals surface area contributed by atoms with Gasteiger partial charge in [0.15, 0.2) is 0 Å². The first-order valence-corrected chi connectivity index (χ1v) is 7.43. The molecule has 1 atom stereocenters. The number of thiophene rings is 1. The van der Waals surface area contributed by atoms with Crippen molar-refractivity contribution in [2.75, 3.05) is 5.73 Å². The molecule has 1 heterocycles. The summed E-state index contributed by atoms with van der Waals surface area (Å²) < 4.78 is 1.01. The largest absolute Gasteiger partial charge is 0.398 e. The fourth-order valence-corrected chi connectivity index (χ4v) is 3.31. The van der Waals surface area contributed by atoms with Crippen LogP contribution < -0.4 is 5.73 Å². The Labute approximate surface area is 120 Å². The molecule has 96 valence electrons. The van der Waals surface area contributed by atoms with Gasteiger partial charge >= 0.3 is 0 Å². The quantitative estimate of drug-likeness (QED) is 0.838. The van der Waals surface area contributed by atoms with E-state index in [1.165, 1.54) is 5.56 Å². The number of hydrogen-bond donors (Lipinski definition) is 2. The third-order valence-electron chi connectivity index (χ3n) is 3.21. The van der Waals surface area contributed by atoms with E-state index < -0.39 is 6.10 Å². The van der Waals surface area contributed by atoms with Gasteiger partial charge in [-0.1, -0.05) is 12.1 Å². The highest BCUT2D eigenvalue weighted by atomic mass is 79.9. The average Bonchev–Trinajstić information content (AvgIpc) is 2.77. The molecule has 0 fully saturated rings. The van der Waals surface area contributed by atoms with Crippen LogP contribution in [0.15, 0.2) is 28.1 Å². The molecule has 4 heteroatoms. The van der Waals surface area contributed by atoms with Crippen molar-refractivity contribution in [3.05, 3.63) is 49.6 Å². The van der Waals surface area contributed by atoms with E-state index in [0.29, 0.717) is 6.42 Å². The predicted molar refractivity (Wildman–Crippen MR) is 81.0 cm³/mol. The number of benzene rings is 1. The van der Waals surface area contributed by atoms with Crippen LogP contribution in [0, 0.1) is 13.8 Å². The topological polar surface area (TPSA) is 46.2 Å². The summed E-state index contributed by atoms with van der Waals surface area (Å²) in [5.74, 6) is 0. The van der Waals surface area contributed by atoms with Crippen molar-refractivity contribution >= 4 is 33.0 Å². The summed E-state index contributed by atoms with van der Waals surface area (Å²) in [7, 11) is 0. The minimum atomic E-state index is -0.495. The van der Waals surface area contributed by atoms with Gasteiger partial charge in [0.2, 0.25) is 0 Å². The van der Waals surface area contributed by atoms with E-state index in [1.807, 2.05) is 31.4 Å². The van der Waals surface area contributed by atoms with Gasteiger partial charge in [-0.15, -0.1) is 11.3 Å². The minimum Gasteiger partial charge on any atom is -0.398 e. The normalized spacial score (nSPS) is 12.7. The van der Waals surface area contributed by atoms with Crippen molar-refractivity contribution in [2.24, 2.45) is 0 Å². The zero-order valence-electron chi connectivity index (χ0n) is 10.4. The molecule has 0 bridgehead atoms. The molecule has 0 aliphatic rings. The van der Waals surface area contributed by atoms with Gasteiger partial charge in [0, 0.05) is 26.8 Å². The molecule has 1 unspecified atom stereocenters. The highest BCUT2D eigenvalue weighted by Gasteiger charge is 2.14. The third-order valence-corrected chi connectivity index (χ3v) is 5.00. The van der Waals surface area contributed by atoms with Crippen molar-refractivity contribution in [1.29, 1.82) is 0 Å². The first-order valence-electron chi connectivity index (χ1n) is 5.75. The zero-order chi connectivity index (χ0) is 13.3. The maximum atomic E-state index is 10.2. The van der Waals surface area contributed by atoms with Crippen LogP contribution in [0.1, 0.15) is 27.7 Å². The highest BCUT2D eigenvalue weighted by molar-refractivity contribution is 9.10. The number of rotatable bonds is 3. The first kappa shape index (κ1) is 13.6. The summed E-state index contributed by atoms with van der Waals surface area (Å²) in [6.07, 6.45) is 0.0607. The number of aryl methyl sites for hydroxylation is 1. The molecule has 0 spiro atoms. The van der Waals surface area contributed by atoms with Crippen LogP contribution in [0.3, 0.4) is 0 Å². The Morgan fingerprint density at radius 2 is 2.11 bits per heavy atom. The second-order valence-corrected chi connectivity index (χ2v) is 6.33. The molecule has 0 amide bonds. The van der Waals surface area contributed by atoms with Crippen LogP contribution in [0.5, 0.6) is 0 Å². The third kappa shape index (κ3) is 2.76. The Hall–Kier alpha value is -0.840. The molecule has 0 radical (unpaired) electrons. The predicted octanol–water partition coefficient (Wildman–Crippen LogP) is 3.99. The Kier molecular flexibility index (Phi) is 4.10. The molecule has 18 heavy (non-hydrogen) atoms. The molecule has 0 aliphatic carbocycles. The van der Waals surface area contributed by atoms with Crippen LogP contribution >= 0.6 is 27.3 Å². The standard InChI is InChI=1S/C14H16BrNOS/c1-8-3-4-10(14(16)9(8)2)5-12(17)13-6-11(15)7-18-13/h3-4,6-7,12,17H,5,16H2,1-2H3. The second-order valence-electron chi connectivity index (χ2n) is 4.47. The van der Waals surface area contributed by atoms with Gasteiger partial charge in [-0.25, -0.2) is 0 Å². The highest BCUT2D eigenvalue weighted by Crippen LogP contribution is 2.30. The molecule has 1 aromatic carbocycles. The van der Waals surface area contributed by atoms with Crippen molar-refractivity contribution in [2.45, 2.75) is 26.4 Å². The van der Waals surface area contributed by atoms with E-state index in [-0.39, 0.29) is 0 Å². The Bertz CT molecular complexity index is 565. The molecule has 2 rings (SSSR count). The van der Waals surface area contributed by atoms with Gasteiger partial charge < -0.3 is 10.8 Å². The van der Waals surface area contributed by atoms with E-state index >= 15 is 0 Å². The number of nitrogen functional groups attached to an aromatic ring is 1. The van der Waals surface area contributed by atoms with E-state index in [1.54, 1.807) is 11.3 Å². The summed E-state index contributed by atoms with van der Waals surface area (Å²) in [6.45, 7) is 4.06. The SMILES string of the molecule is Cc1ccc(CC(O)c2cc(Br)cs2)c(N)c1C. The van der Waals surface area contributed by atoms with E-state index in [0.717, 1.165) is 26.2 Å². The zero-order valence-corrected chi connectivity index (χ0v) is 12.8. The van der Waals surface area contributed by atoms with Crippen LogP contribution in [-0.4, -0.2) is 5.11 Å². The lowest BCUT2D eigenvalue weighted by atomic mass is 9.99. The van der Waals surface area contributed by atoms with Crippen molar-refractivity contribution in [1.82, 2.24) is 0 Å². The van der Waals surface area contributed by atoms with Gasteiger partial charge in [-0.05, 0) is 52.5 Å². The molecule has 2 nitrogen and oxygen atoms in total. The Morgan fingerprint density at radius 1 is 1.39 bits per heavy atom. The fourth-order valence-electron chi connectivity index (χ4n) is 1.88. The Balaban J connectivity index is 2.22. The number of anilines is 1. The second kappa shape index (κ2) is 5.43. The monoisotopic (exact) mass is 325 g/mol. The lowest BCUT2D eigenvalue weighted by molar-refractivity contribution is 0.182. The van der Waals surface area contributed by atoms with E-state index in [4.69, 9.17) is 5.73 Å². The number of nitrogens with two attached hydrogens (primary N) is 1. The molecule has 0 aliphatic heterocycles. The van der Waals surface area contributed by atoms with E-state index in [2.05, 4.69) is 22.0 Å². The minimum absolute atomic E-state index is 0.495.